The molecule has 0 unspecified atom stereocenters. The van der Waals surface area contributed by atoms with Crippen molar-refractivity contribution in [2.75, 3.05) is 0 Å². The van der Waals surface area contributed by atoms with Crippen LogP contribution >= 0.6 is 0 Å². The van der Waals surface area contributed by atoms with Crippen LogP contribution in [0.3, 0.4) is 0 Å². The fourth-order valence-corrected chi connectivity index (χ4v) is 3.75. The van der Waals surface area contributed by atoms with E-state index < -0.39 is 0 Å². The zero-order valence-electron chi connectivity index (χ0n) is 15.2. The van der Waals surface area contributed by atoms with Crippen LogP contribution in [0.25, 0.3) is 32.9 Å². The monoisotopic (exact) mass is 326 g/mol. The van der Waals surface area contributed by atoms with Crippen LogP contribution in [0.15, 0.2) is 54.9 Å². The van der Waals surface area contributed by atoms with Crippen LogP contribution in [-0.2, 0) is 0 Å². The van der Waals surface area contributed by atoms with Crippen molar-refractivity contribution in [1.82, 2.24) is 9.97 Å². The number of benzene rings is 3. The molecule has 1 aromatic heterocycles. The molecule has 4 rings (SSSR count). The average Bonchev–Trinajstić information content (AvgIpc) is 2.59. The Hall–Kier alpha value is -2.74. The van der Waals surface area contributed by atoms with Crippen molar-refractivity contribution in [3.05, 3.63) is 71.5 Å². The molecule has 0 N–H and O–H groups in total. The third-order valence-electron chi connectivity index (χ3n) is 4.80. The minimum atomic E-state index is 0.453. The Morgan fingerprint density at radius 3 is 2.32 bits per heavy atom. The van der Waals surface area contributed by atoms with Gasteiger partial charge in [-0.05, 0) is 48.9 Å². The van der Waals surface area contributed by atoms with E-state index in [2.05, 4.69) is 86.2 Å². The van der Waals surface area contributed by atoms with Crippen LogP contribution in [0.4, 0.5) is 0 Å². The van der Waals surface area contributed by atoms with Gasteiger partial charge in [-0.25, -0.2) is 9.97 Å². The van der Waals surface area contributed by atoms with Gasteiger partial charge >= 0.3 is 0 Å². The Balaban J connectivity index is 2.10. The van der Waals surface area contributed by atoms with Crippen LogP contribution in [-0.4, -0.2) is 9.97 Å². The molecule has 2 heteroatoms. The lowest BCUT2D eigenvalue weighted by Crippen LogP contribution is -1.95. The topological polar surface area (TPSA) is 25.8 Å². The Morgan fingerprint density at radius 1 is 0.840 bits per heavy atom. The van der Waals surface area contributed by atoms with Gasteiger partial charge in [0, 0.05) is 16.3 Å². The second-order valence-electron chi connectivity index (χ2n) is 7.16. The first-order chi connectivity index (χ1) is 12.0. The highest BCUT2D eigenvalue weighted by molar-refractivity contribution is 6.10. The fraction of sp³-hybridized carbons (Fsp3) is 0.217. The van der Waals surface area contributed by atoms with Crippen molar-refractivity contribution >= 4 is 21.7 Å². The average molecular weight is 326 g/mol. The van der Waals surface area contributed by atoms with Crippen LogP contribution in [0, 0.1) is 13.8 Å². The maximum atomic E-state index is 4.67. The van der Waals surface area contributed by atoms with Gasteiger partial charge in [0.05, 0.1) is 11.2 Å². The normalized spacial score (nSPS) is 11.6. The Labute approximate surface area is 148 Å². The number of aromatic nitrogens is 2. The number of rotatable bonds is 2. The van der Waals surface area contributed by atoms with Crippen molar-refractivity contribution in [2.45, 2.75) is 33.6 Å². The summed E-state index contributed by atoms with van der Waals surface area (Å²) in [5.74, 6) is 0.453. The predicted molar refractivity (Wildman–Crippen MR) is 106 cm³/mol. The SMILES string of the molecule is Cc1cc(C)cc(-c2ncnc3c2ccc2cccc(C(C)C)c23)c1. The summed E-state index contributed by atoms with van der Waals surface area (Å²) in [4.78, 5) is 9.30. The van der Waals surface area contributed by atoms with Crippen molar-refractivity contribution in [2.24, 2.45) is 0 Å². The van der Waals surface area contributed by atoms with Gasteiger partial charge in [0.1, 0.15) is 6.33 Å². The van der Waals surface area contributed by atoms with Crippen LogP contribution in [0.2, 0.25) is 0 Å². The van der Waals surface area contributed by atoms with E-state index in [-0.39, 0.29) is 0 Å². The molecule has 0 aliphatic heterocycles. The number of hydrogen-bond donors (Lipinski definition) is 0. The molecule has 2 nitrogen and oxygen atoms in total. The third kappa shape index (κ3) is 2.68. The van der Waals surface area contributed by atoms with Crippen molar-refractivity contribution in [3.63, 3.8) is 0 Å². The van der Waals surface area contributed by atoms with Crippen LogP contribution in [0.1, 0.15) is 36.5 Å². The van der Waals surface area contributed by atoms with Crippen molar-refractivity contribution in [3.8, 4) is 11.3 Å². The summed E-state index contributed by atoms with van der Waals surface area (Å²) < 4.78 is 0. The third-order valence-corrected chi connectivity index (χ3v) is 4.80. The van der Waals surface area contributed by atoms with E-state index in [4.69, 9.17) is 0 Å². The highest BCUT2D eigenvalue weighted by atomic mass is 14.8. The van der Waals surface area contributed by atoms with Gasteiger partial charge in [0.25, 0.3) is 0 Å². The summed E-state index contributed by atoms with van der Waals surface area (Å²) in [6, 6.07) is 17.5. The number of nitrogens with zero attached hydrogens (tertiary/aromatic N) is 2. The van der Waals surface area contributed by atoms with Gasteiger partial charge in [0.15, 0.2) is 0 Å². The Kier molecular flexibility index (Phi) is 3.76. The van der Waals surface area contributed by atoms with E-state index in [1.807, 2.05) is 0 Å². The number of aryl methyl sites for hydroxylation is 2. The molecular weight excluding hydrogens is 304 g/mol. The number of hydrogen-bond acceptors (Lipinski definition) is 2. The molecule has 0 spiro atoms. The molecule has 25 heavy (non-hydrogen) atoms. The quantitative estimate of drug-likeness (QED) is 0.410. The molecule has 1 heterocycles. The first-order valence-corrected chi connectivity index (χ1v) is 8.79. The van der Waals surface area contributed by atoms with Gasteiger partial charge in [-0.1, -0.05) is 55.3 Å². The molecule has 0 bridgehead atoms. The minimum absolute atomic E-state index is 0.453. The van der Waals surface area contributed by atoms with Crippen LogP contribution < -0.4 is 0 Å². The summed E-state index contributed by atoms with van der Waals surface area (Å²) in [6.45, 7) is 8.73. The molecule has 0 amide bonds. The van der Waals surface area contributed by atoms with E-state index in [9.17, 15) is 0 Å². The van der Waals surface area contributed by atoms with E-state index in [0.29, 0.717) is 5.92 Å². The standard InChI is InChI=1S/C23H22N2/c1-14(2)19-7-5-6-17-8-9-20-22(24-13-25-23(20)21(17)19)18-11-15(3)10-16(4)12-18/h5-14H,1-4H3. The minimum Gasteiger partial charge on any atom is -0.236 e. The lowest BCUT2D eigenvalue weighted by Gasteiger charge is -2.14. The fourth-order valence-electron chi connectivity index (χ4n) is 3.75. The molecule has 0 atom stereocenters. The van der Waals surface area contributed by atoms with E-state index in [1.54, 1.807) is 6.33 Å². The predicted octanol–water partition coefficient (Wildman–Crippen LogP) is 6.19. The highest BCUT2D eigenvalue weighted by Crippen LogP contribution is 2.34. The highest BCUT2D eigenvalue weighted by Gasteiger charge is 2.13. The molecule has 0 saturated carbocycles. The molecule has 0 aliphatic carbocycles. The molecule has 4 aromatic rings. The van der Waals surface area contributed by atoms with E-state index in [1.165, 1.54) is 27.5 Å². The van der Waals surface area contributed by atoms with E-state index >= 15 is 0 Å². The van der Waals surface area contributed by atoms with Gasteiger partial charge in [-0.3, -0.25) is 0 Å². The van der Waals surface area contributed by atoms with Gasteiger partial charge in [-0.2, -0.15) is 0 Å². The van der Waals surface area contributed by atoms with Gasteiger partial charge in [0.2, 0.25) is 0 Å². The molecule has 124 valence electrons. The lowest BCUT2D eigenvalue weighted by molar-refractivity contribution is 0.877. The maximum absolute atomic E-state index is 4.67. The smallest absolute Gasteiger partial charge is 0.116 e. The van der Waals surface area contributed by atoms with Gasteiger partial charge < -0.3 is 0 Å². The summed E-state index contributed by atoms with van der Waals surface area (Å²) >= 11 is 0. The first-order valence-electron chi connectivity index (χ1n) is 8.79. The molecule has 0 fully saturated rings. The van der Waals surface area contributed by atoms with Crippen LogP contribution in [0.5, 0.6) is 0 Å². The number of fused-ring (bicyclic) bond motifs is 3. The summed E-state index contributed by atoms with van der Waals surface area (Å²) in [5.41, 5.74) is 7.07. The molecule has 0 radical (unpaired) electrons. The zero-order chi connectivity index (χ0) is 17.6. The van der Waals surface area contributed by atoms with Crippen molar-refractivity contribution < 1.29 is 0 Å². The van der Waals surface area contributed by atoms with Gasteiger partial charge in [-0.15, -0.1) is 0 Å². The summed E-state index contributed by atoms with van der Waals surface area (Å²) in [5, 5.41) is 3.61. The molecule has 0 saturated heterocycles. The second-order valence-corrected chi connectivity index (χ2v) is 7.16. The van der Waals surface area contributed by atoms with Crippen molar-refractivity contribution in [1.29, 1.82) is 0 Å². The largest absolute Gasteiger partial charge is 0.236 e. The first kappa shape index (κ1) is 15.8. The van der Waals surface area contributed by atoms with E-state index in [0.717, 1.165) is 22.2 Å². The second kappa shape index (κ2) is 5.96. The molecule has 3 aromatic carbocycles. The summed E-state index contributed by atoms with van der Waals surface area (Å²) in [6.07, 6.45) is 1.70. The maximum Gasteiger partial charge on any atom is 0.116 e. The Bertz CT molecular complexity index is 1070. The molecular formula is C23H22N2. The lowest BCUT2D eigenvalue weighted by atomic mass is 9.93. The summed E-state index contributed by atoms with van der Waals surface area (Å²) in [7, 11) is 0. The zero-order valence-corrected chi connectivity index (χ0v) is 15.2. The molecule has 0 aliphatic rings. The Morgan fingerprint density at radius 2 is 1.60 bits per heavy atom.